The van der Waals surface area contributed by atoms with Crippen molar-refractivity contribution in [2.24, 2.45) is 10.7 Å². The van der Waals surface area contributed by atoms with Crippen molar-refractivity contribution in [3.63, 3.8) is 0 Å². The fourth-order valence-electron chi connectivity index (χ4n) is 6.84. The number of nitrogens with zero attached hydrogens (tertiary/aromatic N) is 3. The van der Waals surface area contributed by atoms with Gasteiger partial charge in [0.2, 0.25) is 0 Å². The van der Waals surface area contributed by atoms with Crippen LogP contribution in [0.4, 0.5) is 0 Å². The second-order valence-corrected chi connectivity index (χ2v) is 13.6. The Morgan fingerprint density at radius 1 is 0.558 bits per heavy atom. The minimum atomic E-state index is -0.728. The molecule has 0 atom stereocenters. The molecule has 0 unspecified atom stereocenters. The minimum Gasteiger partial charge on any atom is -0.496 e. The summed E-state index contributed by atoms with van der Waals surface area (Å²) in [5, 5.41) is 9.22. The van der Waals surface area contributed by atoms with Gasteiger partial charge < -0.3 is 50.4 Å². The Morgan fingerprint density at radius 2 is 0.865 bits per heavy atom. The fraction of sp³-hybridized carbons (Fsp3) is 0.541. The number of carbonyl (C=O) groups is 4. The van der Waals surface area contributed by atoms with Crippen LogP contribution in [0.25, 0.3) is 0 Å². The van der Waals surface area contributed by atoms with Gasteiger partial charge in [0.15, 0.2) is 5.96 Å². The first-order valence-electron chi connectivity index (χ1n) is 17.5. The van der Waals surface area contributed by atoms with E-state index in [1.807, 2.05) is 38.0 Å². The van der Waals surface area contributed by atoms with E-state index in [0.29, 0.717) is 31.4 Å². The molecule has 52 heavy (non-hydrogen) atoms. The molecule has 0 radical (unpaired) electrons. The molecule has 5 N–H and O–H groups in total. The number of nitrogens with two attached hydrogens (primary N) is 1. The minimum absolute atomic E-state index is 0.0307. The third kappa shape index (κ3) is 9.56. The Morgan fingerprint density at radius 3 is 1.17 bits per heavy atom. The lowest BCUT2D eigenvalue weighted by Crippen LogP contribution is -2.44. The van der Waals surface area contributed by atoms with Crippen LogP contribution >= 0.6 is 0 Å². The van der Waals surface area contributed by atoms with Crippen molar-refractivity contribution in [1.29, 1.82) is 0 Å². The topological polar surface area (TPSA) is 186 Å². The van der Waals surface area contributed by atoms with E-state index >= 15 is 0 Å². The van der Waals surface area contributed by atoms with Gasteiger partial charge in [0.05, 0.1) is 56.7 Å². The maximum absolute atomic E-state index is 13.6. The number of nitrogens with one attached hydrogen (secondary N) is 3. The molecule has 284 valence electrons. The SMILES string of the molecule is COc1cc(OC)c(C(=O)NC2CCC(NC(=O)c3cc(C(=O)NC4CCC(N=C(N(C)C)N(C)C)CC4)c(OC)cc3OC)CC2)cc1C(N)=O. The van der Waals surface area contributed by atoms with Crippen molar-refractivity contribution in [2.45, 2.75) is 75.5 Å². The summed E-state index contributed by atoms with van der Waals surface area (Å²) in [4.78, 5) is 61.3. The summed E-state index contributed by atoms with van der Waals surface area (Å²) < 4.78 is 21.7. The summed E-state index contributed by atoms with van der Waals surface area (Å²) in [7, 11) is 13.7. The Labute approximate surface area is 305 Å². The van der Waals surface area contributed by atoms with Crippen LogP contribution in [0.2, 0.25) is 0 Å². The number of ether oxygens (including phenoxy) is 4. The summed E-state index contributed by atoms with van der Waals surface area (Å²) in [6.45, 7) is 0. The van der Waals surface area contributed by atoms with Crippen LogP contribution in [0.15, 0.2) is 29.3 Å². The van der Waals surface area contributed by atoms with Crippen molar-refractivity contribution < 1.29 is 38.1 Å². The van der Waals surface area contributed by atoms with Crippen LogP contribution in [-0.2, 0) is 0 Å². The highest BCUT2D eigenvalue weighted by Gasteiger charge is 2.29. The van der Waals surface area contributed by atoms with E-state index in [1.54, 1.807) is 6.07 Å². The van der Waals surface area contributed by atoms with Gasteiger partial charge in [0, 0.05) is 58.4 Å². The molecule has 0 aliphatic heterocycles. The quantitative estimate of drug-likeness (QED) is 0.188. The number of methoxy groups -OCH3 is 4. The van der Waals surface area contributed by atoms with Gasteiger partial charge in [-0.05, 0) is 63.5 Å². The third-order valence-corrected chi connectivity index (χ3v) is 9.57. The van der Waals surface area contributed by atoms with Crippen LogP contribution in [0.3, 0.4) is 0 Å². The van der Waals surface area contributed by atoms with Crippen LogP contribution in [0.1, 0.15) is 92.8 Å². The number of hydrogen-bond donors (Lipinski definition) is 4. The van der Waals surface area contributed by atoms with Crippen LogP contribution in [0.5, 0.6) is 23.0 Å². The molecule has 2 aliphatic rings. The molecule has 0 saturated heterocycles. The third-order valence-electron chi connectivity index (χ3n) is 9.57. The van der Waals surface area contributed by atoms with Gasteiger partial charge in [-0.15, -0.1) is 0 Å². The molecule has 15 nitrogen and oxygen atoms in total. The van der Waals surface area contributed by atoms with Crippen LogP contribution < -0.4 is 40.6 Å². The fourth-order valence-corrected chi connectivity index (χ4v) is 6.84. The maximum atomic E-state index is 13.6. The highest BCUT2D eigenvalue weighted by molar-refractivity contribution is 6.04. The van der Waals surface area contributed by atoms with Crippen LogP contribution in [-0.4, -0.2) is 120 Å². The number of aliphatic imine (C=N–C) groups is 1. The summed E-state index contributed by atoms with van der Waals surface area (Å²) >= 11 is 0. The van der Waals surface area contributed by atoms with E-state index in [-0.39, 0.29) is 75.5 Å². The Bertz CT molecular complexity index is 1630. The number of amides is 4. The average molecular weight is 724 g/mol. The summed E-state index contributed by atoms with van der Waals surface area (Å²) in [5.41, 5.74) is 6.19. The molecule has 2 aromatic rings. The number of primary amides is 1. The predicted octanol–water partition coefficient (Wildman–Crippen LogP) is 2.81. The van der Waals surface area contributed by atoms with Gasteiger partial charge in [0.25, 0.3) is 23.6 Å². The number of rotatable bonds is 12. The standard InChI is InChI=1S/C37H53N7O8/c1-43(2)37(44(3)4)42-24-15-13-23(14-16-24)41-36(48)28-18-27(31(51-7)20-32(28)52-8)35(47)40-22-11-9-21(10-12-22)39-34(46)26-17-25(33(38)45)29(49-5)19-30(26)50-6/h17-24H,9-16H2,1-8H3,(H2,38,45)(H,39,46)(H,40,47)(H,41,48). The molecular weight excluding hydrogens is 670 g/mol. The van der Waals surface area contributed by atoms with Gasteiger partial charge in [-0.2, -0.15) is 0 Å². The number of hydrogen-bond acceptors (Lipinski definition) is 9. The van der Waals surface area contributed by atoms with Crippen molar-refractivity contribution in [2.75, 3.05) is 56.6 Å². The average Bonchev–Trinajstić information content (AvgIpc) is 3.13. The van der Waals surface area contributed by atoms with Gasteiger partial charge in [0.1, 0.15) is 23.0 Å². The molecule has 2 aromatic carbocycles. The van der Waals surface area contributed by atoms with Crippen LogP contribution in [0, 0.1) is 0 Å². The first-order chi connectivity index (χ1) is 24.8. The lowest BCUT2D eigenvalue weighted by Gasteiger charge is -2.30. The Balaban J connectivity index is 1.37. The Kier molecular flexibility index (Phi) is 13.6. The molecule has 0 bridgehead atoms. The zero-order valence-electron chi connectivity index (χ0n) is 31.5. The lowest BCUT2D eigenvalue weighted by molar-refractivity contribution is 0.0887. The molecule has 0 heterocycles. The van der Waals surface area contributed by atoms with Gasteiger partial charge in [-0.25, -0.2) is 4.99 Å². The lowest BCUT2D eigenvalue weighted by atomic mass is 9.90. The van der Waals surface area contributed by atoms with Gasteiger partial charge in [-0.3, -0.25) is 19.2 Å². The molecule has 0 spiro atoms. The normalized spacial score (nSPS) is 19.7. The monoisotopic (exact) mass is 723 g/mol. The number of benzene rings is 2. The van der Waals surface area contributed by atoms with E-state index < -0.39 is 11.8 Å². The summed E-state index contributed by atoms with van der Waals surface area (Å²) in [6, 6.07) is 5.72. The van der Waals surface area contributed by atoms with Gasteiger partial charge in [-0.1, -0.05) is 0 Å². The van der Waals surface area contributed by atoms with Crippen molar-refractivity contribution in [1.82, 2.24) is 25.8 Å². The molecule has 2 aliphatic carbocycles. The van der Waals surface area contributed by atoms with Crippen molar-refractivity contribution >= 4 is 29.6 Å². The largest absolute Gasteiger partial charge is 0.496 e. The van der Waals surface area contributed by atoms with E-state index in [1.165, 1.54) is 46.6 Å². The molecule has 4 rings (SSSR count). The summed E-state index contributed by atoms with van der Waals surface area (Å²) in [5.74, 6) is 0.120. The Hall–Kier alpha value is -5.21. The zero-order chi connectivity index (χ0) is 38.1. The first kappa shape index (κ1) is 39.6. The first-order valence-corrected chi connectivity index (χ1v) is 17.5. The second kappa shape index (κ2) is 17.8. The highest BCUT2D eigenvalue weighted by atomic mass is 16.5. The van der Waals surface area contributed by atoms with E-state index in [4.69, 9.17) is 29.7 Å². The van der Waals surface area contributed by atoms with E-state index in [9.17, 15) is 19.2 Å². The predicted molar refractivity (Wildman–Crippen MR) is 197 cm³/mol. The summed E-state index contributed by atoms with van der Waals surface area (Å²) in [6.07, 6.45) is 5.67. The second-order valence-electron chi connectivity index (χ2n) is 13.6. The van der Waals surface area contributed by atoms with Gasteiger partial charge >= 0.3 is 0 Å². The molecule has 0 aromatic heterocycles. The number of carbonyl (C=O) groups excluding carboxylic acids is 4. The molecule has 2 fully saturated rings. The number of guanidine groups is 1. The molecule has 4 amide bonds. The van der Waals surface area contributed by atoms with Crippen molar-refractivity contribution in [3.8, 4) is 23.0 Å². The van der Waals surface area contributed by atoms with Crippen molar-refractivity contribution in [3.05, 3.63) is 46.5 Å². The smallest absolute Gasteiger partial charge is 0.255 e. The van der Waals surface area contributed by atoms with E-state index in [2.05, 4.69) is 16.0 Å². The van der Waals surface area contributed by atoms with E-state index in [0.717, 1.165) is 31.6 Å². The molecular formula is C37H53N7O8. The maximum Gasteiger partial charge on any atom is 0.255 e. The highest BCUT2D eigenvalue weighted by Crippen LogP contribution is 2.32. The molecule has 2 saturated carbocycles. The molecule has 15 heteroatoms. The zero-order valence-corrected chi connectivity index (χ0v) is 31.5.